The van der Waals surface area contributed by atoms with Crippen molar-refractivity contribution in [3.8, 4) is 11.5 Å². The molecule has 0 aliphatic carbocycles. The van der Waals surface area contributed by atoms with E-state index < -0.39 is 23.9 Å². The third-order valence-electron chi connectivity index (χ3n) is 4.64. The first kappa shape index (κ1) is 23.7. The van der Waals surface area contributed by atoms with E-state index in [1.165, 1.54) is 33.3 Å². The van der Waals surface area contributed by atoms with Crippen molar-refractivity contribution in [2.75, 3.05) is 27.3 Å². The molecule has 0 saturated heterocycles. The predicted octanol–water partition coefficient (Wildman–Crippen LogP) is 2.29. The number of ether oxygens (including phenoxy) is 3. The summed E-state index contributed by atoms with van der Waals surface area (Å²) >= 11 is 0. The van der Waals surface area contributed by atoms with Gasteiger partial charge in [0.1, 0.15) is 18.0 Å². The molecule has 2 amide bonds. The summed E-state index contributed by atoms with van der Waals surface area (Å²) in [6.45, 7) is 3.51. The Hall–Kier alpha value is -3.55. The van der Waals surface area contributed by atoms with E-state index in [9.17, 15) is 14.4 Å². The summed E-state index contributed by atoms with van der Waals surface area (Å²) in [4.78, 5) is 36.6. The van der Waals surface area contributed by atoms with E-state index in [4.69, 9.17) is 14.2 Å². The number of methoxy groups -OCH3 is 2. The molecule has 0 aliphatic rings. The SMILES string of the molecule is COc1cc(OC)cc(C(=O)NCC(=O)OC(C)C(=O)NCC(C)c2ccccc2)c1. The minimum atomic E-state index is -0.982. The van der Waals surface area contributed by atoms with Crippen molar-refractivity contribution in [3.63, 3.8) is 0 Å². The fourth-order valence-electron chi connectivity index (χ4n) is 2.78. The van der Waals surface area contributed by atoms with Crippen LogP contribution in [0.2, 0.25) is 0 Å². The third kappa shape index (κ3) is 7.33. The number of carbonyl (C=O) groups excluding carboxylic acids is 3. The number of hydrogen-bond donors (Lipinski definition) is 2. The summed E-state index contributed by atoms with van der Waals surface area (Å²) in [5.74, 6) is -0.610. The van der Waals surface area contributed by atoms with Crippen LogP contribution in [0.3, 0.4) is 0 Å². The molecular weight excluding hydrogens is 400 g/mol. The van der Waals surface area contributed by atoms with Crippen molar-refractivity contribution in [2.45, 2.75) is 25.9 Å². The lowest BCUT2D eigenvalue weighted by molar-refractivity contribution is -0.153. The van der Waals surface area contributed by atoms with Crippen molar-refractivity contribution >= 4 is 17.8 Å². The monoisotopic (exact) mass is 428 g/mol. The molecule has 0 saturated carbocycles. The highest BCUT2D eigenvalue weighted by atomic mass is 16.5. The van der Waals surface area contributed by atoms with Gasteiger partial charge in [-0.2, -0.15) is 0 Å². The fourth-order valence-corrected chi connectivity index (χ4v) is 2.78. The van der Waals surface area contributed by atoms with Crippen LogP contribution in [0, 0.1) is 0 Å². The second-order valence-corrected chi connectivity index (χ2v) is 6.97. The average Bonchev–Trinajstić information content (AvgIpc) is 2.80. The molecule has 0 fully saturated rings. The van der Waals surface area contributed by atoms with E-state index in [-0.39, 0.29) is 18.0 Å². The largest absolute Gasteiger partial charge is 0.497 e. The maximum Gasteiger partial charge on any atom is 0.326 e. The average molecular weight is 428 g/mol. The molecule has 2 aromatic carbocycles. The fraction of sp³-hybridized carbons (Fsp3) is 0.348. The third-order valence-corrected chi connectivity index (χ3v) is 4.64. The van der Waals surface area contributed by atoms with Crippen LogP contribution in [0.5, 0.6) is 11.5 Å². The summed E-state index contributed by atoms with van der Waals surface area (Å²) < 4.78 is 15.4. The van der Waals surface area contributed by atoms with Gasteiger partial charge in [-0.3, -0.25) is 14.4 Å². The van der Waals surface area contributed by atoms with Crippen molar-refractivity contribution in [3.05, 3.63) is 59.7 Å². The highest BCUT2D eigenvalue weighted by Crippen LogP contribution is 2.22. The van der Waals surface area contributed by atoms with Gasteiger partial charge >= 0.3 is 5.97 Å². The van der Waals surface area contributed by atoms with Gasteiger partial charge in [-0.05, 0) is 30.5 Å². The number of benzene rings is 2. The molecule has 0 aromatic heterocycles. The first-order valence-electron chi connectivity index (χ1n) is 9.87. The molecule has 2 atom stereocenters. The van der Waals surface area contributed by atoms with Gasteiger partial charge in [0.05, 0.1) is 14.2 Å². The van der Waals surface area contributed by atoms with E-state index in [0.717, 1.165) is 5.56 Å². The quantitative estimate of drug-likeness (QED) is 0.563. The number of hydrogen-bond acceptors (Lipinski definition) is 6. The van der Waals surface area contributed by atoms with Gasteiger partial charge in [-0.1, -0.05) is 37.3 Å². The Morgan fingerprint density at radius 3 is 2.10 bits per heavy atom. The second-order valence-electron chi connectivity index (χ2n) is 6.97. The predicted molar refractivity (Wildman–Crippen MR) is 115 cm³/mol. The molecule has 8 nitrogen and oxygen atoms in total. The van der Waals surface area contributed by atoms with E-state index >= 15 is 0 Å². The second kappa shape index (κ2) is 11.6. The van der Waals surface area contributed by atoms with Gasteiger partial charge in [-0.25, -0.2) is 0 Å². The zero-order valence-electron chi connectivity index (χ0n) is 18.1. The van der Waals surface area contributed by atoms with Crippen LogP contribution in [0.15, 0.2) is 48.5 Å². The number of carbonyl (C=O) groups is 3. The molecule has 2 rings (SSSR count). The van der Waals surface area contributed by atoms with E-state index in [1.54, 1.807) is 6.07 Å². The maximum atomic E-state index is 12.3. The number of rotatable bonds is 10. The van der Waals surface area contributed by atoms with Crippen LogP contribution in [-0.4, -0.2) is 51.2 Å². The lowest BCUT2D eigenvalue weighted by atomic mass is 10.0. The summed E-state index contributed by atoms with van der Waals surface area (Å²) in [7, 11) is 2.95. The molecule has 0 aliphatic heterocycles. The standard InChI is InChI=1S/C23H28N2O6/c1-15(17-8-6-5-7-9-17)13-24-22(27)16(2)31-21(26)14-25-23(28)18-10-19(29-3)12-20(11-18)30-4/h5-12,15-16H,13-14H2,1-4H3,(H,24,27)(H,25,28). The molecule has 8 heteroatoms. The lowest BCUT2D eigenvalue weighted by Crippen LogP contribution is -2.39. The lowest BCUT2D eigenvalue weighted by Gasteiger charge is -2.17. The van der Waals surface area contributed by atoms with Crippen LogP contribution in [0.4, 0.5) is 0 Å². The summed E-state index contributed by atoms with van der Waals surface area (Å²) in [6, 6.07) is 14.5. The molecule has 0 heterocycles. The Kier molecular flexibility index (Phi) is 8.87. The Morgan fingerprint density at radius 2 is 1.52 bits per heavy atom. The summed E-state index contributed by atoms with van der Waals surface area (Å²) in [5.41, 5.74) is 1.37. The Balaban J connectivity index is 1.79. The van der Waals surface area contributed by atoms with Gasteiger partial charge in [0, 0.05) is 18.2 Å². The highest BCUT2D eigenvalue weighted by molar-refractivity contribution is 5.96. The maximum absolute atomic E-state index is 12.3. The Labute approximate surface area is 181 Å². The normalized spacial score (nSPS) is 12.3. The molecular formula is C23H28N2O6. The first-order valence-corrected chi connectivity index (χ1v) is 9.87. The summed E-state index contributed by atoms with van der Waals surface area (Å²) in [5, 5.41) is 5.23. The topological polar surface area (TPSA) is 103 Å². The van der Waals surface area contributed by atoms with E-state index in [2.05, 4.69) is 10.6 Å². The molecule has 0 bridgehead atoms. The van der Waals surface area contributed by atoms with Gasteiger partial charge < -0.3 is 24.8 Å². The van der Waals surface area contributed by atoms with Gasteiger partial charge in [-0.15, -0.1) is 0 Å². The van der Waals surface area contributed by atoms with Crippen LogP contribution >= 0.6 is 0 Å². The van der Waals surface area contributed by atoms with Crippen molar-refractivity contribution < 1.29 is 28.6 Å². The highest BCUT2D eigenvalue weighted by Gasteiger charge is 2.19. The summed E-state index contributed by atoms with van der Waals surface area (Å²) in [6.07, 6.45) is -0.982. The molecule has 2 N–H and O–H groups in total. The smallest absolute Gasteiger partial charge is 0.326 e. The van der Waals surface area contributed by atoms with Crippen molar-refractivity contribution in [2.24, 2.45) is 0 Å². The van der Waals surface area contributed by atoms with E-state index in [1.807, 2.05) is 37.3 Å². The molecule has 0 spiro atoms. The van der Waals surface area contributed by atoms with E-state index in [0.29, 0.717) is 18.0 Å². The first-order chi connectivity index (χ1) is 14.8. The van der Waals surface area contributed by atoms with Crippen molar-refractivity contribution in [1.29, 1.82) is 0 Å². The van der Waals surface area contributed by atoms with Crippen LogP contribution in [0.1, 0.15) is 35.7 Å². The van der Waals surface area contributed by atoms with Gasteiger partial charge in [0.25, 0.3) is 11.8 Å². The number of amides is 2. The molecule has 166 valence electrons. The van der Waals surface area contributed by atoms with Crippen LogP contribution in [-0.2, 0) is 14.3 Å². The zero-order chi connectivity index (χ0) is 22.8. The van der Waals surface area contributed by atoms with Crippen LogP contribution < -0.4 is 20.1 Å². The number of esters is 1. The Bertz CT molecular complexity index is 878. The molecule has 31 heavy (non-hydrogen) atoms. The number of nitrogens with one attached hydrogen (secondary N) is 2. The molecule has 0 radical (unpaired) electrons. The molecule has 2 unspecified atom stereocenters. The molecule has 2 aromatic rings. The zero-order valence-corrected chi connectivity index (χ0v) is 18.1. The Morgan fingerprint density at radius 1 is 0.903 bits per heavy atom. The van der Waals surface area contributed by atoms with Crippen molar-refractivity contribution in [1.82, 2.24) is 10.6 Å². The van der Waals surface area contributed by atoms with Gasteiger partial charge in [0.2, 0.25) is 0 Å². The van der Waals surface area contributed by atoms with Gasteiger partial charge in [0.15, 0.2) is 6.10 Å². The minimum Gasteiger partial charge on any atom is -0.497 e. The minimum absolute atomic E-state index is 0.118. The van der Waals surface area contributed by atoms with Crippen LogP contribution in [0.25, 0.3) is 0 Å².